The molecule has 2 heterocycles. The fraction of sp³-hybridized carbons (Fsp3) is 0.520. The number of hydrogen-bond acceptors (Lipinski definition) is 5. The minimum absolute atomic E-state index is 0.253. The zero-order chi connectivity index (χ0) is 21.4. The number of likely N-dealkylation sites (tertiary alicyclic amines) is 1. The first-order valence-corrected chi connectivity index (χ1v) is 13.1. The second-order valence-electron chi connectivity index (χ2n) is 8.98. The maximum atomic E-state index is 13.1. The maximum Gasteiger partial charge on any atom is 0.188 e. The fourth-order valence-corrected chi connectivity index (χ4v) is 7.04. The van der Waals surface area contributed by atoms with Gasteiger partial charge in [-0.25, -0.2) is 8.42 Å². The van der Waals surface area contributed by atoms with E-state index in [-0.39, 0.29) is 6.10 Å². The van der Waals surface area contributed by atoms with Crippen LogP contribution in [0, 0.1) is 0 Å². The molecule has 166 valence electrons. The zero-order valence-electron chi connectivity index (χ0n) is 18.1. The summed E-state index contributed by atoms with van der Waals surface area (Å²) in [7, 11) is -3.43. The molecular weight excluding hydrogens is 410 g/mol. The molecule has 0 spiro atoms. The van der Waals surface area contributed by atoms with E-state index in [0.29, 0.717) is 17.1 Å². The van der Waals surface area contributed by atoms with E-state index in [1.54, 1.807) is 18.2 Å². The Labute approximate surface area is 185 Å². The van der Waals surface area contributed by atoms with Gasteiger partial charge in [0.2, 0.25) is 0 Å². The molecule has 2 fully saturated rings. The highest BCUT2D eigenvalue weighted by Gasteiger charge is 2.42. The number of nitrogens with zero attached hydrogens (tertiary/aromatic N) is 1. The van der Waals surface area contributed by atoms with E-state index < -0.39 is 21.2 Å². The quantitative estimate of drug-likeness (QED) is 0.669. The highest BCUT2D eigenvalue weighted by atomic mass is 32.2. The lowest BCUT2D eigenvalue weighted by atomic mass is 9.90. The number of benzene rings is 2. The molecule has 5 nitrogen and oxygen atoms in total. The van der Waals surface area contributed by atoms with Gasteiger partial charge in [-0.05, 0) is 61.9 Å². The monoisotopic (exact) mass is 441 g/mol. The van der Waals surface area contributed by atoms with Crippen molar-refractivity contribution in [1.29, 1.82) is 0 Å². The van der Waals surface area contributed by atoms with Crippen LogP contribution in [0.15, 0.2) is 53.4 Å². The van der Waals surface area contributed by atoms with E-state index in [1.165, 1.54) is 19.3 Å². The van der Waals surface area contributed by atoms with Crippen molar-refractivity contribution in [3.8, 4) is 11.5 Å². The van der Waals surface area contributed by atoms with Gasteiger partial charge in [-0.2, -0.15) is 0 Å². The van der Waals surface area contributed by atoms with Crippen LogP contribution in [-0.4, -0.2) is 43.8 Å². The van der Waals surface area contributed by atoms with Gasteiger partial charge in [-0.15, -0.1) is 0 Å². The molecule has 2 aromatic carbocycles. The number of sulfone groups is 1. The van der Waals surface area contributed by atoms with Gasteiger partial charge in [-0.3, -0.25) is 0 Å². The third kappa shape index (κ3) is 3.96. The number of para-hydroxylation sites is 1. The van der Waals surface area contributed by atoms with Crippen LogP contribution in [0.5, 0.6) is 11.5 Å². The van der Waals surface area contributed by atoms with Gasteiger partial charge in [0.25, 0.3) is 0 Å². The first kappa shape index (κ1) is 20.8. The minimum atomic E-state index is -3.43. The van der Waals surface area contributed by atoms with Crippen molar-refractivity contribution in [2.24, 2.45) is 0 Å². The second-order valence-corrected chi connectivity index (χ2v) is 11.1. The van der Waals surface area contributed by atoms with Crippen LogP contribution in [0.1, 0.15) is 57.1 Å². The van der Waals surface area contributed by atoms with Crippen LogP contribution in [0.25, 0.3) is 0 Å². The lowest BCUT2D eigenvalue weighted by Gasteiger charge is -2.41. The average Bonchev–Trinajstić information content (AvgIpc) is 2.74. The Kier molecular flexibility index (Phi) is 5.69. The van der Waals surface area contributed by atoms with Gasteiger partial charge in [0.1, 0.15) is 33.9 Å². The third-order valence-electron chi connectivity index (χ3n) is 7.13. The van der Waals surface area contributed by atoms with Crippen molar-refractivity contribution in [2.45, 2.75) is 73.8 Å². The molecule has 31 heavy (non-hydrogen) atoms. The molecule has 0 aromatic heterocycles. The van der Waals surface area contributed by atoms with Crippen LogP contribution in [-0.2, 0) is 9.84 Å². The molecule has 1 saturated heterocycles. The van der Waals surface area contributed by atoms with Crippen LogP contribution >= 0.6 is 0 Å². The second kappa shape index (κ2) is 8.47. The molecule has 2 atom stereocenters. The predicted octanol–water partition coefficient (Wildman–Crippen LogP) is 4.77. The Morgan fingerprint density at radius 3 is 2.35 bits per heavy atom. The lowest BCUT2D eigenvalue weighted by molar-refractivity contribution is 0.0493. The molecule has 6 heteroatoms. The Balaban J connectivity index is 1.27. The minimum Gasteiger partial charge on any atom is -0.490 e. The van der Waals surface area contributed by atoms with Gasteiger partial charge in [0, 0.05) is 19.1 Å². The van der Waals surface area contributed by atoms with E-state index in [9.17, 15) is 8.42 Å². The molecular formula is C25H31NO4S. The van der Waals surface area contributed by atoms with Crippen LogP contribution < -0.4 is 9.47 Å². The summed E-state index contributed by atoms with van der Waals surface area (Å²) in [5.74, 6) is 1.29. The predicted molar refractivity (Wildman–Crippen MR) is 120 cm³/mol. The topological polar surface area (TPSA) is 55.8 Å². The molecule has 0 amide bonds. The summed E-state index contributed by atoms with van der Waals surface area (Å²) < 4.78 is 38.7. The van der Waals surface area contributed by atoms with E-state index in [0.717, 1.165) is 43.3 Å². The Morgan fingerprint density at radius 1 is 1.00 bits per heavy atom. The lowest BCUT2D eigenvalue weighted by Crippen LogP contribution is -2.46. The van der Waals surface area contributed by atoms with Gasteiger partial charge in [0.05, 0.1) is 0 Å². The van der Waals surface area contributed by atoms with Crippen LogP contribution in [0.4, 0.5) is 0 Å². The summed E-state index contributed by atoms with van der Waals surface area (Å²) in [6.45, 7) is 4.15. The Morgan fingerprint density at radius 2 is 1.71 bits per heavy atom. The normalized spacial score (nSPS) is 26.5. The van der Waals surface area contributed by atoms with Crippen molar-refractivity contribution in [1.82, 2.24) is 4.90 Å². The number of rotatable bonds is 5. The van der Waals surface area contributed by atoms with Gasteiger partial charge in [0.15, 0.2) is 9.84 Å². The summed E-state index contributed by atoms with van der Waals surface area (Å²) in [6, 6.07) is 15.6. The SMILES string of the molecule is CCC1C(c2ccc(OC3CCN(C4CCC4)CC3)cc2)Oc2ccccc2S1(=O)=O. The number of piperidine rings is 1. The summed E-state index contributed by atoms with van der Waals surface area (Å²) in [6.07, 6.45) is 6.47. The standard InChI is InChI=1S/C25H31NO4S/c1-2-23-25(30-22-8-3-4-9-24(22)31(23,27)28)18-10-12-20(13-11-18)29-21-14-16-26(17-15-21)19-6-5-7-19/h3-4,8-13,19,21,23,25H,2,5-7,14-17H2,1H3. The third-order valence-corrected chi connectivity index (χ3v) is 9.46. The van der Waals surface area contributed by atoms with E-state index in [2.05, 4.69) is 4.90 Å². The molecule has 2 unspecified atom stereocenters. The van der Waals surface area contributed by atoms with E-state index in [1.807, 2.05) is 37.3 Å². The molecule has 0 bridgehead atoms. The first-order valence-electron chi connectivity index (χ1n) is 11.6. The summed E-state index contributed by atoms with van der Waals surface area (Å²) in [5.41, 5.74) is 0.872. The first-order chi connectivity index (χ1) is 15.1. The van der Waals surface area contributed by atoms with Gasteiger partial charge in [-0.1, -0.05) is 37.6 Å². The summed E-state index contributed by atoms with van der Waals surface area (Å²) in [5, 5.41) is -0.593. The maximum absolute atomic E-state index is 13.1. The Bertz CT molecular complexity index is 1010. The molecule has 1 saturated carbocycles. The number of ether oxygens (including phenoxy) is 2. The van der Waals surface area contributed by atoms with Crippen LogP contribution in [0.3, 0.4) is 0 Å². The molecule has 1 aliphatic carbocycles. The van der Waals surface area contributed by atoms with Crippen molar-refractivity contribution in [2.75, 3.05) is 13.1 Å². The number of hydrogen-bond donors (Lipinski definition) is 0. The highest BCUT2D eigenvalue weighted by molar-refractivity contribution is 7.92. The fourth-order valence-electron chi connectivity index (χ4n) is 5.08. The molecule has 3 aliphatic rings. The number of fused-ring (bicyclic) bond motifs is 1. The largest absolute Gasteiger partial charge is 0.490 e. The molecule has 2 aromatic rings. The van der Waals surface area contributed by atoms with Crippen molar-refractivity contribution < 1.29 is 17.9 Å². The van der Waals surface area contributed by atoms with E-state index >= 15 is 0 Å². The van der Waals surface area contributed by atoms with Gasteiger partial charge < -0.3 is 14.4 Å². The van der Waals surface area contributed by atoms with Crippen molar-refractivity contribution in [3.05, 3.63) is 54.1 Å². The van der Waals surface area contributed by atoms with Crippen molar-refractivity contribution >= 4 is 9.84 Å². The zero-order valence-corrected chi connectivity index (χ0v) is 18.9. The van der Waals surface area contributed by atoms with E-state index in [4.69, 9.17) is 9.47 Å². The smallest absolute Gasteiger partial charge is 0.188 e. The summed E-state index contributed by atoms with van der Waals surface area (Å²) >= 11 is 0. The average molecular weight is 442 g/mol. The highest BCUT2D eigenvalue weighted by Crippen LogP contribution is 2.42. The van der Waals surface area contributed by atoms with Crippen molar-refractivity contribution in [3.63, 3.8) is 0 Å². The molecule has 5 rings (SSSR count). The molecule has 0 N–H and O–H groups in total. The molecule has 0 radical (unpaired) electrons. The molecule has 2 aliphatic heterocycles. The summed E-state index contributed by atoms with van der Waals surface area (Å²) in [4.78, 5) is 2.92. The van der Waals surface area contributed by atoms with Crippen LogP contribution in [0.2, 0.25) is 0 Å². The Hall–Kier alpha value is -2.05. The van der Waals surface area contributed by atoms with Gasteiger partial charge >= 0.3 is 0 Å².